The largest absolute Gasteiger partial charge is 0.315 e. The summed E-state index contributed by atoms with van der Waals surface area (Å²) in [6, 6.07) is 5.51. The standard InChI is InChI=1S/C12H17N3O4S/c1-14(10-4-6-11(7-5-10)15(16)17)20(18,19)12-3-2-8-13-9-12/h4-7,12-13H,2-3,8-9H2,1H3. The van der Waals surface area contributed by atoms with Crippen molar-refractivity contribution < 1.29 is 13.3 Å². The molecule has 1 unspecified atom stereocenters. The summed E-state index contributed by atoms with van der Waals surface area (Å²) >= 11 is 0. The lowest BCUT2D eigenvalue weighted by molar-refractivity contribution is -0.384. The van der Waals surface area contributed by atoms with Gasteiger partial charge in [-0.2, -0.15) is 0 Å². The van der Waals surface area contributed by atoms with E-state index in [0.29, 0.717) is 18.7 Å². The Morgan fingerprint density at radius 2 is 2.00 bits per heavy atom. The molecule has 0 radical (unpaired) electrons. The Balaban J connectivity index is 2.20. The highest BCUT2D eigenvalue weighted by Gasteiger charge is 2.31. The SMILES string of the molecule is CN(c1ccc([N+](=O)[O-])cc1)S(=O)(=O)C1CCCNC1. The summed E-state index contributed by atoms with van der Waals surface area (Å²) in [5, 5.41) is 13.2. The van der Waals surface area contributed by atoms with Gasteiger partial charge in [0.25, 0.3) is 5.69 Å². The highest BCUT2D eigenvalue weighted by atomic mass is 32.2. The highest BCUT2D eigenvalue weighted by Crippen LogP contribution is 2.24. The third-order valence-corrected chi connectivity index (χ3v) is 5.70. The zero-order valence-corrected chi connectivity index (χ0v) is 12.0. The van der Waals surface area contributed by atoms with Gasteiger partial charge in [0.1, 0.15) is 0 Å². The number of nitrogens with one attached hydrogen (secondary N) is 1. The molecule has 1 atom stereocenters. The average molecular weight is 299 g/mol. The van der Waals surface area contributed by atoms with Crippen molar-refractivity contribution in [2.45, 2.75) is 18.1 Å². The van der Waals surface area contributed by atoms with E-state index < -0.39 is 20.2 Å². The van der Waals surface area contributed by atoms with Gasteiger partial charge in [-0.3, -0.25) is 14.4 Å². The molecule has 0 aliphatic carbocycles. The molecular weight excluding hydrogens is 282 g/mol. The second-order valence-electron chi connectivity index (χ2n) is 4.75. The second kappa shape index (κ2) is 5.76. The number of rotatable bonds is 4. The maximum Gasteiger partial charge on any atom is 0.269 e. The van der Waals surface area contributed by atoms with Crippen molar-refractivity contribution in [2.24, 2.45) is 0 Å². The summed E-state index contributed by atoms with van der Waals surface area (Å²) in [5.74, 6) is 0. The van der Waals surface area contributed by atoms with E-state index in [0.717, 1.165) is 13.0 Å². The topological polar surface area (TPSA) is 92.5 Å². The Kier molecular flexibility index (Phi) is 4.24. The van der Waals surface area contributed by atoms with Gasteiger partial charge >= 0.3 is 0 Å². The smallest absolute Gasteiger partial charge is 0.269 e. The molecule has 1 aromatic rings. The van der Waals surface area contributed by atoms with Crippen molar-refractivity contribution in [2.75, 3.05) is 24.4 Å². The number of hydrogen-bond acceptors (Lipinski definition) is 5. The number of nitro benzene ring substituents is 1. The van der Waals surface area contributed by atoms with E-state index in [4.69, 9.17) is 0 Å². The van der Waals surface area contributed by atoms with Crippen LogP contribution in [0.4, 0.5) is 11.4 Å². The van der Waals surface area contributed by atoms with Crippen LogP contribution in [-0.4, -0.2) is 38.7 Å². The molecule has 1 aliphatic heterocycles. The minimum Gasteiger partial charge on any atom is -0.315 e. The van der Waals surface area contributed by atoms with Gasteiger partial charge < -0.3 is 5.32 Å². The predicted octanol–water partition coefficient (Wildman–Crippen LogP) is 1.11. The number of non-ortho nitro benzene ring substituents is 1. The van der Waals surface area contributed by atoms with E-state index in [2.05, 4.69) is 5.32 Å². The first-order valence-corrected chi connectivity index (χ1v) is 7.86. The van der Waals surface area contributed by atoms with Crippen LogP contribution >= 0.6 is 0 Å². The minimum atomic E-state index is -3.45. The zero-order valence-electron chi connectivity index (χ0n) is 11.2. The Morgan fingerprint density at radius 3 is 2.50 bits per heavy atom. The van der Waals surface area contributed by atoms with E-state index in [1.807, 2.05) is 0 Å². The number of nitrogens with zero attached hydrogens (tertiary/aromatic N) is 2. The minimum absolute atomic E-state index is 0.0566. The molecule has 0 saturated carbocycles. The van der Waals surface area contributed by atoms with Crippen LogP contribution in [0, 0.1) is 10.1 Å². The summed E-state index contributed by atoms with van der Waals surface area (Å²) in [5.41, 5.74) is 0.375. The third-order valence-electron chi connectivity index (χ3n) is 3.48. The molecule has 1 aliphatic rings. The summed E-state index contributed by atoms with van der Waals surface area (Å²) < 4.78 is 26.1. The van der Waals surface area contributed by atoms with Crippen LogP contribution in [0.5, 0.6) is 0 Å². The first-order valence-electron chi connectivity index (χ1n) is 6.36. The summed E-state index contributed by atoms with van der Waals surface area (Å²) in [6.45, 7) is 1.28. The fourth-order valence-electron chi connectivity index (χ4n) is 2.23. The molecule has 0 amide bonds. The van der Waals surface area contributed by atoms with Crippen LogP contribution in [0.25, 0.3) is 0 Å². The molecule has 110 valence electrons. The fraction of sp³-hybridized carbons (Fsp3) is 0.500. The lowest BCUT2D eigenvalue weighted by Crippen LogP contribution is -2.45. The first-order chi connectivity index (χ1) is 9.43. The quantitative estimate of drug-likeness (QED) is 0.664. The van der Waals surface area contributed by atoms with Crippen molar-refractivity contribution in [3.63, 3.8) is 0 Å². The van der Waals surface area contributed by atoms with Gasteiger partial charge in [-0.05, 0) is 31.5 Å². The van der Waals surface area contributed by atoms with Crippen molar-refractivity contribution in [1.82, 2.24) is 5.32 Å². The molecule has 0 bridgehead atoms. The Bertz CT molecular complexity index is 579. The molecule has 8 heteroatoms. The highest BCUT2D eigenvalue weighted by molar-refractivity contribution is 7.93. The molecule has 1 aromatic carbocycles. The van der Waals surface area contributed by atoms with Crippen LogP contribution < -0.4 is 9.62 Å². The lowest BCUT2D eigenvalue weighted by Gasteiger charge is -2.28. The number of sulfonamides is 1. The van der Waals surface area contributed by atoms with Crippen LogP contribution in [0.1, 0.15) is 12.8 Å². The molecule has 1 heterocycles. The number of benzene rings is 1. The van der Waals surface area contributed by atoms with Gasteiger partial charge in [-0.15, -0.1) is 0 Å². The van der Waals surface area contributed by atoms with Crippen molar-refractivity contribution in [1.29, 1.82) is 0 Å². The van der Waals surface area contributed by atoms with Gasteiger partial charge in [-0.1, -0.05) is 0 Å². The van der Waals surface area contributed by atoms with Crippen molar-refractivity contribution in [3.05, 3.63) is 34.4 Å². The van der Waals surface area contributed by atoms with Gasteiger partial charge in [-0.25, -0.2) is 8.42 Å². The molecule has 0 aromatic heterocycles. The maximum absolute atomic E-state index is 12.5. The number of anilines is 1. The summed E-state index contributed by atoms with van der Waals surface area (Å²) in [7, 11) is -1.97. The van der Waals surface area contributed by atoms with Gasteiger partial charge in [0.15, 0.2) is 0 Å². The van der Waals surface area contributed by atoms with Crippen LogP contribution in [0.3, 0.4) is 0 Å². The molecule has 7 nitrogen and oxygen atoms in total. The molecule has 20 heavy (non-hydrogen) atoms. The molecule has 1 N–H and O–H groups in total. The van der Waals surface area contributed by atoms with E-state index in [9.17, 15) is 18.5 Å². The average Bonchev–Trinajstić information content (AvgIpc) is 2.47. The maximum atomic E-state index is 12.5. The normalized spacial score (nSPS) is 19.6. The monoisotopic (exact) mass is 299 g/mol. The first kappa shape index (κ1) is 14.7. The molecule has 1 saturated heterocycles. The Morgan fingerprint density at radius 1 is 1.35 bits per heavy atom. The van der Waals surface area contributed by atoms with E-state index in [1.54, 1.807) is 0 Å². The number of piperidine rings is 1. The van der Waals surface area contributed by atoms with Crippen molar-refractivity contribution >= 4 is 21.4 Å². The van der Waals surface area contributed by atoms with Gasteiger partial charge in [0, 0.05) is 25.7 Å². The van der Waals surface area contributed by atoms with Crippen LogP contribution in [0.15, 0.2) is 24.3 Å². The van der Waals surface area contributed by atoms with E-state index in [-0.39, 0.29) is 5.69 Å². The summed E-state index contributed by atoms with van der Waals surface area (Å²) in [6.07, 6.45) is 1.46. The molecule has 2 rings (SSSR count). The van der Waals surface area contributed by atoms with E-state index >= 15 is 0 Å². The molecule has 1 fully saturated rings. The van der Waals surface area contributed by atoms with Crippen molar-refractivity contribution in [3.8, 4) is 0 Å². The zero-order chi connectivity index (χ0) is 14.8. The molecule has 0 spiro atoms. The Labute approximate surface area is 117 Å². The van der Waals surface area contributed by atoms with Gasteiger partial charge in [0.2, 0.25) is 10.0 Å². The second-order valence-corrected chi connectivity index (χ2v) is 7.00. The molecular formula is C12H17N3O4S. The number of hydrogen-bond donors (Lipinski definition) is 1. The van der Waals surface area contributed by atoms with Gasteiger partial charge in [0.05, 0.1) is 15.9 Å². The summed E-state index contributed by atoms with van der Waals surface area (Å²) in [4.78, 5) is 10.1. The van der Waals surface area contributed by atoms with E-state index in [1.165, 1.54) is 35.6 Å². The van der Waals surface area contributed by atoms with Crippen LogP contribution in [-0.2, 0) is 10.0 Å². The third kappa shape index (κ3) is 2.91. The predicted molar refractivity (Wildman–Crippen MR) is 76.3 cm³/mol. The Hall–Kier alpha value is -1.67. The van der Waals surface area contributed by atoms with Crippen LogP contribution in [0.2, 0.25) is 0 Å². The fourth-order valence-corrected chi connectivity index (χ4v) is 3.88. The lowest BCUT2D eigenvalue weighted by atomic mass is 10.2. The number of nitro groups is 1.